The van der Waals surface area contributed by atoms with E-state index < -0.39 is 0 Å². The second-order valence-corrected chi connectivity index (χ2v) is 31.2. The number of ether oxygens (including phenoxy) is 6. The minimum Gasteiger partial charge on any atom is -0.508 e. The number of aromatic hydroxyl groups is 3. The Morgan fingerprint density at radius 1 is 0.372 bits per heavy atom. The lowest BCUT2D eigenvalue weighted by atomic mass is 9.83. The first-order valence-electron chi connectivity index (χ1n) is 35.2. The third-order valence-electron chi connectivity index (χ3n) is 20.0. The number of likely N-dealkylation sites (tertiary alicyclic amines) is 3. The van der Waals surface area contributed by atoms with Crippen molar-refractivity contribution in [3.8, 4) is 51.7 Å². The van der Waals surface area contributed by atoms with E-state index in [1.54, 1.807) is 47.4 Å². The minimum absolute atomic E-state index is 0.0301. The molecule has 0 spiro atoms. The van der Waals surface area contributed by atoms with E-state index in [0.29, 0.717) is 33.8 Å². The Bertz CT molecular complexity index is 3440. The van der Waals surface area contributed by atoms with Crippen LogP contribution >= 0.6 is 46.6 Å². The number of piperidine rings is 3. The van der Waals surface area contributed by atoms with E-state index in [4.69, 9.17) is 28.4 Å². The van der Waals surface area contributed by atoms with Gasteiger partial charge >= 0.3 is 0 Å². The molecule has 12 nitrogen and oxygen atoms in total. The van der Waals surface area contributed by atoms with Crippen LogP contribution in [0.4, 0.5) is 0 Å². The molecule has 6 aliphatic heterocycles. The number of hydrogen-bond donors (Lipinski definition) is 3. The van der Waals surface area contributed by atoms with Crippen LogP contribution in [-0.2, 0) is 0 Å². The molecule has 0 bridgehead atoms. The summed E-state index contributed by atoms with van der Waals surface area (Å²) in [5.74, 6) is 7.56. The molecule has 2 saturated carbocycles. The summed E-state index contributed by atoms with van der Waals surface area (Å²) >= 11 is 7.27. The second kappa shape index (κ2) is 33.4. The molecule has 7 aromatic rings. The molecular formula is C78H95N3O9S4. The maximum atomic E-state index is 9.97. The largest absolute Gasteiger partial charge is 0.508 e. The summed E-state index contributed by atoms with van der Waals surface area (Å²) in [4.78, 5) is 11.9. The van der Waals surface area contributed by atoms with E-state index >= 15 is 0 Å². The van der Waals surface area contributed by atoms with Crippen LogP contribution in [0, 0.1) is 11.8 Å². The molecule has 7 heterocycles. The smallest absolute Gasteiger partial charge is 0.141 e. The van der Waals surface area contributed by atoms with Gasteiger partial charge in [-0.15, -0.1) is 46.6 Å². The first kappa shape index (κ1) is 66.8. The zero-order valence-electron chi connectivity index (χ0n) is 54.5. The number of fused-ring (bicyclic) bond motifs is 3. The van der Waals surface area contributed by atoms with Gasteiger partial charge in [0.05, 0.1) is 30.4 Å². The fourth-order valence-electron chi connectivity index (χ4n) is 14.8. The molecule has 500 valence electrons. The van der Waals surface area contributed by atoms with Crippen molar-refractivity contribution in [1.82, 2.24) is 14.7 Å². The monoisotopic (exact) mass is 1350 g/mol. The van der Waals surface area contributed by atoms with Gasteiger partial charge in [-0.25, -0.2) is 0 Å². The number of rotatable bonds is 18. The number of thioether (sulfide) groups is 3. The molecule has 0 amide bonds. The highest BCUT2D eigenvalue weighted by Crippen LogP contribution is 2.56. The van der Waals surface area contributed by atoms with Gasteiger partial charge in [-0.05, 0) is 234 Å². The zero-order chi connectivity index (χ0) is 63.8. The summed E-state index contributed by atoms with van der Waals surface area (Å²) in [5, 5.41) is 32.8. The number of benzene rings is 6. The van der Waals surface area contributed by atoms with Crippen LogP contribution < -0.4 is 28.4 Å². The summed E-state index contributed by atoms with van der Waals surface area (Å²) in [7, 11) is 0. The van der Waals surface area contributed by atoms with Crippen molar-refractivity contribution in [2.45, 2.75) is 164 Å². The maximum Gasteiger partial charge on any atom is 0.141 e. The highest BCUT2D eigenvalue weighted by Gasteiger charge is 2.41. The lowest BCUT2D eigenvalue weighted by Crippen LogP contribution is -2.33. The normalized spacial score (nSPS) is 23.4. The van der Waals surface area contributed by atoms with E-state index in [-0.39, 0.29) is 29.3 Å². The van der Waals surface area contributed by atoms with Gasteiger partial charge < -0.3 is 43.7 Å². The molecule has 94 heavy (non-hydrogen) atoms. The first-order chi connectivity index (χ1) is 46.3. The molecule has 6 unspecified atom stereocenters. The lowest BCUT2D eigenvalue weighted by Gasteiger charge is -2.39. The fraction of sp³-hybridized carbons (Fsp3) is 0.487. The number of thiophene rings is 1. The summed E-state index contributed by atoms with van der Waals surface area (Å²) in [6.45, 7) is 12.5. The van der Waals surface area contributed by atoms with Crippen molar-refractivity contribution < 1.29 is 43.7 Å². The van der Waals surface area contributed by atoms with E-state index in [1.807, 2.05) is 53.9 Å². The van der Waals surface area contributed by atoms with Gasteiger partial charge in [-0.2, -0.15) is 0 Å². The molecule has 1 aromatic heterocycles. The van der Waals surface area contributed by atoms with Crippen molar-refractivity contribution in [2.75, 3.05) is 78.7 Å². The van der Waals surface area contributed by atoms with Crippen molar-refractivity contribution in [2.24, 2.45) is 11.8 Å². The van der Waals surface area contributed by atoms with Gasteiger partial charge in [0.25, 0.3) is 0 Å². The first-order valence-corrected chi connectivity index (χ1v) is 38.7. The number of phenols is 3. The molecule has 6 aromatic carbocycles. The Balaban J connectivity index is 0.000000128. The Hall–Kier alpha value is -5.85. The van der Waals surface area contributed by atoms with Crippen LogP contribution in [0.2, 0.25) is 0 Å². The van der Waals surface area contributed by atoms with Gasteiger partial charge in [0.1, 0.15) is 89.9 Å². The molecule has 3 saturated heterocycles. The molecule has 0 radical (unpaired) electrons. The predicted molar refractivity (Wildman–Crippen MR) is 382 cm³/mol. The van der Waals surface area contributed by atoms with Crippen molar-refractivity contribution >= 4 is 46.6 Å². The third kappa shape index (κ3) is 17.8. The Labute approximate surface area is 574 Å². The van der Waals surface area contributed by atoms with Gasteiger partial charge in [0.15, 0.2) is 0 Å². The standard InChI is InChI=1S/C27H35NO3S.C26H33NO3S.C25H27NO3S2/c29-22-11-14-24-25(19-22)32-27(21-7-3-1-4-8-21)26(31-24)20-9-12-23(13-10-20)30-18-17-28-15-5-2-6-16-28;28-21-10-13-23-24(18-21)31-26(20-6-2-3-7-20)25(30-23)19-8-11-22(12-9-19)29-17-16-27-14-4-1-5-15-27;27-19-8-11-21-23(17-19)31-25(22-5-4-16-30-22)24(29-21)18-6-9-20(10-7-18)28-15-14-26-12-2-1-3-13-26/h9-14,19,21,26-27,29H,1-8,15-18H2;8-13,18,20,25-26,28H,1-7,14-17H2;4-11,16-17,24-25,27H,1-3,12-15H2. The van der Waals surface area contributed by atoms with E-state index in [2.05, 4.69) is 105 Å². The highest BCUT2D eigenvalue weighted by atomic mass is 32.2. The zero-order valence-corrected chi connectivity index (χ0v) is 57.7. The van der Waals surface area contributed by atoms with Crippen molar-refractivity contribution in [1.29, 1.82) is 0 Å². The SMILES string of the molecule is Oc1ccc2c(c1)SC(C1CCCC1)C(c1ccc(OCCN3CCCCC3)cc1)O2.Oc1ccc2c(c1)SC(C1CCCCC1)C(c1ccc(OCCN3CCCCC3)cc1)O2.Oc1ccc2c(c1)SC(c1cccs1)C(c1ccc(OCCN3CCCCC3)cc1)O2. The third-order valence-corrected chi connectivity index (χ3v) is 25.4. The average molecular weight is 1350 g/mol. The molecule has 5 fully saturated rings. The number of nitrogens with zero attached hydrogens (tertiary/aromatic N) is 3. The highest BCUT2D eigenvalue weighted by molar-refractivity contribution is 8.00. The van der Waals surface area contributed by atoms with Crippen molar-refractivity contribution in [3.63, 3.8) is 0 Å². The van der Waals surface area contributed by atoms with Crippen molar-refractivity contribution in [3.05, 3.63) is 166 Å². The Kier molecular flexibility index (Phi) is 23.7. The van der Waals surface area contributed by atoms with Crippen LogP contribution in [0.1, 0.15) is 161 Å². The van der Waals surface area contributed by atoms with E-state index in [9.17, 15) is 15.3 Å². The van der Waals surface area contributed by atoms with E-state index in [1.165, 1.54) is 171 Å². The molecule has 15 rings (SSSR count). The number of hydrogen-bond acceptors (Lipinski definition) is 16. The van der Waals surface area contributed by atoms with Crippen LogP contribution in [0.5, 0.6) is 51.7 Å². The number of phenolic OH excluding ortho intramolecular Hbond substituents is 3. The van der Waals surface area contributed by atoms with Crippen LogP contribution in [0.3, 0.4) is 0 Å². The lowest BCUT2D eigenvalue weighted by molar-refractivity contribution is 0.152. The van der Waals surface area contributed by atoms with Crippen LogP contribution in [-0.4, -0.2) is 119 Å². The average Bonchev–Trinajstić information content (AvgIpc) is 1.05. The fourth-order valence-corrected chi connectivity index (χ4v) is 20.1. The molecular weight excluding hydrogens is 1250 g/mol. The maximum absolute atomic E-state index is 9.97. The van der Waals surface area contributed by atoms with E-state index in [0.717, 1.165) is 94.2 Å². The second-order valence-electron chi connectivity index (χ2n) is 26.6. The Morgan fingerprint density at radius 3 is 1.09 bits per heavy atom. The molecule has 6 atom stereocenters. The summed E-state index contributed by atoms with van der Waals surface area (Å²) in [6.07, 6.45) is 23.6. The quantitative estimate of drug-likeness (QED) is 0.0754. The topological polar surface area (TPSA) is 126 Å². The molecule has 3 N–H and O–H groups in total. The molecule has 16 heteroatoms. The van der Waals surface area contributed by atoms with Gasteiger partial charge in [0.2, 0.25) is 0 Å². The Morgan fingerprint density at radius 2 is 0.713 bits per heavy atom. The summed E-state index contributed by atoms with van der Waals surface area (Å²) in [6, 6.07) is 45.9. The van der Waals surface area contributed by atoms with Crippen LogP contribution in [0.15, 0.2) is 160 Å². The van der Waals surface area contributed by atoms with Gasteiger partial charge in [-0.1, -0.05) is 93.8 Å². The summed E-state index contributed by atoms with van der Waals surface area (Å²) < 4.78 is 37.6. The van der Waals surface area contributed by atoms with Gasteiger partial charge in [-0.3, -0.25) is 14.7 Å². The molecule has 2 aliphatic carbocycles. The minimum atomic E-state index is -0.0944. The summed E-state index contributed by atoms with van der Waals surface area (Å²) in [5.41, 5.74) is 3.56. The van der Waals surface area contributed by atoms with Crippen LogP contribution in [0.25, 0.3) is 0 Å². The van der Waals surface area contributed by atoms with Gasteiger partial charge in [0, 0.05) is 24.5 Å². The molecule has 8 aliphatic rings. The predicted octanol–water partition coefficient (Wildman–Crippen LogP) is 18.8.